The van der Waals surface area contributed by atoms with Gasteiger partial charge in [0.1, 0.15) is 6.61 Å². The van der Waals surface area contributed by atoms with Crippen LogP contribution in [-0.4, -0.2) is 37.0 Å². The van der Waals surface area contributed by atoms with Crippen LogP contribution < -0.4 is 0 Å². The van der Waals surface area contributed by atoms with Crippen molar-refractivity contribution in [1.29, 1.82) is 0 Å². The predicted octanol–water partition coefficient (Wildman–Crippen LogP) is -1.28. The molecule has 3 heteroatoms. The summed E-state index contributed by atoms with van der Waals surface area (Å²) in [6, 6.07) is 0. The Balaban J connectivity index is 0.000000360. The maximum atomic E-state index is 8.21. The van der Waals surface area contributed by atoms with Gasteiger partial charge >= 0.3 is 0 Å². The largest absolute Gasteiger partial charge is 0.412 e. The Bertz CT molecular complexity index is 42.2. The van der Waals surface area contributed by atoms with E-state index in [0.29, 0.717) is 0 Å². The van der Waals surface area contributed by atoms with Crippen LogP contribution in [0.1, 0.15) is 0 Å². The fourth-order valence-electron chi connectivity index (χ4n) is 0.392. The fraction of sp³-hybridized carbons (Fsp3) is 1.00. The molecule has 0 saturated carbocycles. The molecule has 1 rings (SSSR count). The van der Waals surface area contributed by atoms with Crippen LogP contribution in [0.3, 0.4) is 0 Å². The summed E-state index contributed by atoms with van der Waals surface area (Å²) in [4.78, 5) is 0. The standard InChI is InChI=1S/C4H9O2.H2O/c5-1-2-6-3-4-6;/h5H,1-4H2;1H2/q+1;. The first kappa shape index (κ1) is 6.88. The molecule has 0 aliphatic carbocycles. The molecule has 0 aromatic rings. The van der Waals surface area contributed by atoms with Crippen molar-refractivity contribution in [3.8, 4) is 0 Å². The summed E-state index contributed by atoms with van der Waals surface area (Å²) in [6.07, 6.45) is 0. The Kier molecular flexibility index (Phi) is 2.91. The molecule has 3 nitrogen and oxygen atoms in total. The first-order chi connectivity index (χ1) is 2.93. The summed E-state index contributed by atoms with van der Waals surface area (Å²) >= 11 is 0. The first-order valence-corrected chi connectivity index (χ1v) is 2.18. The number of rotatable bonds is 2. The lowest BCUT2D eigenvalue weighted by atomic mass is 10.8. The number of aliphatic hydroxyl groups is 1. The summed E-state index contributed by atoms with van der Waals surface area (Å²) in [6.45, 7) is 3.30. The molecule has 0 bridgehead atoms. The molecule has 1 heterocycles. The summed E-state index contributed by atoms with van der Waals surface area (Å²) in [5.74, 6) is 0. The molecule has 0 radical (unpaired) electrons. The highest BCUT2D eigenvalue weighted by Crippen LogP contribution is 2.08. The van der Waals surface area contributed by atoms with Gasteiger partial charge in [-0.3, -0.25) is 0 Å². The lowest BCUT2D eigenvalue weighted by molar-refractivity contribution is 0.0467. The van der Waals surface area contributed by atoms with Gasteiger partial charge in [-0.1, -0.05) is 0 Å². The molecule has 44 valence electrons. The minimum atomic E-state index is 0. The summed E-state index contributed by atoms with van der Waals surface area (Å²) in [5, 5.41) is 8.21. The lowest BCUT2D eigenvalue weighted by Gasteiger charge is -1.86. The van der Waals surface area contributed by atoms with Gasteiger partial charge in [-0.25, -0.2) is 0 Å². The molecule has 0 unspecified atom stereocenters. The highest BCUT2D eigenvalue weighted by atomic mass is 16.8. The third-order valence-corrected chi connectivity index (χ3v) is 0.873. The van der Waals surface area contributed by atoms with Crippen molar-refractivity contribution in [3.63, 3.8) is 0 Å². The van der Waals surface area contributed by atoms with E-state index in [2.05, 4.69) is 4.37 Å². The Morgan fingerprint density at radius 2 is 2.00 bits per heavy atom. The van der Waals surface area contributed by atoms with Gasteiger partial charge in [0, 0.05) is 0 Å². The van der Waals surface area contributed by atoms with Gasteiger partial charge in [0.25, 0.3) is 0 Å². The minimum Gasteiger partial charge on any atom is -0.412 e. The summed E-state index contributed by atoms with van der Waals surface area (Å²) < 4.78 is 2.82. The molecule has 0 aromatic carbocycles. The SMILES string of the molecule is O.OCC[O+]1CC1. The van der Waals surface area contributed by atoms with E-state index in [0.717, 1.165) is 19.8 Å². The maximum absolute atomic E-state index is 8.21. The average molecular weight is 107 g/mol. The van der Waals surface area contributed by atoms with E-state index < -0.39 is 0 Å². The molecule has 1 fully saturated rings. The van der Waals surface area contributed by atoms with E-state index in [4.69, 9.17) is 5.11 Å². The zero-order chi connectivity index (χ0) is 4.41. The molecule has 0 aromatic heterocycles. The van der Waals surface area contributed by atoms with E-state index in [1.165, 1.54) is 0 Å². The van der Waals surface area contributed by atoms with Crippen LogP contribution in [0.2, 0.25) is 0 Å². The summed E-state index contributed by atoms with van der Waals surface area (Å²) in [5.41, 5.74) is 0. The summed E-state index contributed by atoms with van der Waals surface area (Å²) in [7, 11) is 0. The third-order valence-electron chi connectivity index (χ3n) is 0.873. The van der Waals surface area contributed by atoms with Crippen LogP contribution in [0, 0.1) is 0 Å². The smallest absolute Gasteiger partial charge is 0.215 e. The second-order valence-electron chi connectivity index (χ2n) is 1.45. The van der Waals surface area contributed by atoms with Gasteiger partial charge in [0.2, 0.25) is 13.2 Å². The van der Waals surface area contributed by atoms with Crippen LogP contribution in [0.15, 0.2) is 0 Å². The van der Waals surface area contributed by atoms with Crippen molar-refractivity contribution in [2.24, 2.45) is 0 Å². The van der Waals surface area contributed by atoms with Crippen LogP contribution >= 0.6 is 0 Å². The van der Waals surface area contributed by atoms with E-state index >= 15 is 0 Å². The van der Waals surface area contributed by atoms with Gasteiger partial charge < -0.3 is 14.9 Å². The minimum absolute atomic E-state index is 0. The van der Waals surface area contributed by atoms with Crippen LogP contribution in [-0.2, 0) is 4.37 Å². The van der Waals surface area contributed by atoms with E-state index in [1.54, 1.807) is 0 Å². The van der Waals surface area contributed by atoms with Crippen molar-refractivity contribution < 1.29 is 14.9 Å². The first-order valence-electron chi connectivity index (χ1n) is 2.18. The monoisotopic (exact) mass is 107 g/mol. The third kappa shape index (κ3) is 2.56. The fourth-order valence-corrected chi connectivity index (χ4v) is 0.392. The van der Waals surface area contributed by atoms with Crippen molar-refractivity contribution in [1.82, 2.24) is 0 Å². The van der Waals surface area contributed by atoms with Crippen molar-refractivity contribution in [3.05, 3.63) is 0 Å². The quantitative estimate of drug-likeness (QED) is 0.347. The number of hydrogen-bond acceptors (Lipinski definition) is 1. The molecule has 3 N–H and O–H groups in total. The number of hydrogen-bond donors (Lipinski definition) is 1. The van der Waals surface area contributed by atoms with E-state index in [1.807, 2.05) is 0 Å². The number of aliphatic hydroxyl groups excluding tert-OH is 1. The molecule has 7 heavy (non-hydrogen) atoms. The molecule has 1 saturated heterocycles. The van der Waals surface area contributed by atoms with Gasteiger partial charge in [-0.15, -0.1) is 0 Å². The second-order valence-corrected chi connectivity index (χ2v) is 1.45. The van der Waals surface area contributed by atoms with E-state index in [-0.39, 0.29) is 12.1 Å². The zero-order valence-corrected chi connectivity index (χ0v) is 4.18. The highest BCUT2D eigenvalue weighted by Gasteiger charge is 2.23. The topological polar surface area (TPSA) is 54.4 Å². The molecule has 0 spiro atoms. The Labute approximate surface area is 42.5 Å². The molecular formula is C4H11O3+. The number of epoxide rings is 1. The molecule has 0 amide bonds. The van der Waals surface area contributed by atoms with Crippen LogP contribution in [0.25, 0.3) is 0 Å². The van der Waals surface area contributed by atoms with Crippen molar-refractivity contribution in [2.45, 2.75) is 0 Å². The van der Waals surface area contributed by atoms with Crippen molar-refractivity contribution >= 4 is 0 Å². The van der Waals surface area contributed by atoms with E-state index in [9.17, 15) is 0 Å². The van der Waals surface area contributed by atoms with Crippen LogP contribution in [0.5, 0.6) is 0 Å². The average Bonchev–Trinajstić information content (AvgIpc) is 2.21. The van der Waals surface area contributed by atoms with Gasteiger partial charge in [-0.05, 0) is 0 Å². The second kappa shape index (κ2) is 2.96. The molecule has 1 aliphatic heterocycles. The van der Waals surface area contributed by atoms with Gasteiger partial charge in [-0.2, -0.15) is 0 Å². The van der Waals surface area contributed by atoms with Gasteiger partial charge in [0.05, 0.1) is 0 Å². The molecule has 1 aliphatic rings. The zero-order valence-electron chi connectivity index (χ0n) is 4.18. The predicted molar refractivity (Wildman–Crippen MR) is 26.4 cm³/mol. The molecule has 0 atom stereocenters. The highest BCUT2D eigenvalue weighted by molar-refractivity contribution is 4.54. The Morgan fingerprint density at radius 3 is 2.14 bits per heavy atom. The van der Waals surface area contributed by atoms with Crippen LogP contribution in [0.4, 0.5) is 0 Å². The maximum Gasteiger partial charge on any atom is 0.215 e. The van der Waals surface area contributed by atoms with Gasteiger partial charge in [0.15, 0.2) is 6.61 Å². The van der Waals surface area contributed by atoms with Crippen molar-refractivity contribution in [2.75, 3.05) is 26.4 Å². The normalized spacial score (nSPS) is 18.4. The Hall–Kier alpha value is -0.120. The molecular weight excluding hydrogens is 96.0 g/mol. The Morgan fingerprint density at radius 1 is 1.43 bits per heavy atom. The lowest BCUT2D eigenvalue weighted by Crippen LogP contribution is -1.95.